The van der Waals surface area contributed by atoms with Crippen LogP contribution in [0.25, 0.3) is 10.8 Å². The molecule has 0 spiro atoms. The normalized spacial score (nSPS) is 17.3. The Bertz CT molecular complexity index is 1170. The van der Waals surface area contributed by atoms with Crippen LogP contribution in [0.5, 0.6) is 0 Å². The summed E-state index contributed by atoms with van der Waals surface area (Å²) in [6.07, 6.45) is 1.59. The van der Waals surface area contributed by atoms with Crippen molar-refractivity contribution in [1.82, 2.24) is 0 Å². The lowest BCUT2D eigenvalue weighted by molar-refractivity contribution is -0.117. The molecule has 148 valence electrons. The van der Waals surface area contributed by atoms with Crippen molar-refractivity contribution < 1.29 is 13.2 Å². The molecule has 1 aliphatic rings. The van der Waals surface area contributed by atoms with Crippen LogP contribution >= 0.6 is 0 Å². The number of amides is 1. The number of likely N-dealkylation sites (N-methyl/N-ethyl adjacent to an activating group) is 1. The maximum Gasteiger partial charge on any atom is 0.247 e. The van der Waals surface area contributed by atoms with Gasteiger partial charge in [-0.05, 0) is 41.1 Å². The highest BCUT2D eigenvalue weighted by Crippen LogP contribution is 2.25. The lowest BCUT2D eigenvalue weighted by atomic mass is 10.1. The third kappa shape index (κ3) is 4.17. The number of benzene rings is 3. The molecular weight excluding hydrogens is 384 g/mol. The first kappa shape index (κ1) is 19.2. The number of carbonyl (C=O) groups is 1. The molecule has 0 aromatic heterocycles. The number of hydrogen-bond acceptors (Lipinski definition) is 4. The van der Waals surface area contributed by atoms with E-state index < -0.39 is 15.9 Å². The van der Waals surface area contributed by atoms with E-state index in [4.69, 9.17) is 0 Å². The number of fused-ring (bicyclic) bond motifs is 1. The van der Waals surface area contributed by atoms with Crippen molar-refractivity contribution in [3.63, 3.8) is 0 Å². The summed E-state index contributed by atoms with van der Waals surface area (Å²) in [6.45, 7) is 0.137. The quantitative estimate of drug-likeness (QED) is 0.649. The molecule has 0 bridgehead atoms. The Morgan fingerprint density at radius 2 is 1.62 bits per heavy atom. The molecule has 0 saturated carbocycles. The molecule has 1 atom stereocenters. The van der Waals surface area contributed by atoms with Crippen molar-refractivity contribution in [2.45, 2.75) is 6.04 Å². The molecule has 29 heavy (non-hydrogen) atoms. The number of carbonyl (C=O) groups excluding carboxylic acids is 1. The molecule has 0 aliphatic carbocycles. The molecule has 0 N–H and O–H groups in total. The third-order valence-corrected chi connectivity index (χ3v) is 6.47. The Balaban J connectivity index is 1.59. The van der Waals surface area contributed by atoms with Crippen LogP contribution in [0, 0.1) is 0 Å². The van der Waals surface area contributed by atoms with Crippen LogP contribution in [-0.4, -0.2) is 39.7 Å². The topological polar surface area (TPSA) is 57.7 Å². The Morgan fingerprint density at radius 1 is 0.931 bits per heavy atom. The summed E-state index contributed by atoms with van der Waals surface area (Å²) in [5.41, 5.74) is 1.62. The number of rotatable bonds is 5. The van der Waals surface area contributed by atoms with Gasteiger partial charge in [-0.2, -0.15) is 0 Å². The van der Waals surface area contributed by atoms with E-state index in [9.17, 15) is 13.2 Å². The molecule has 3 aromatic carbocycles. The van der Waals surface area contributed by atoms with Crippen LogP contribution < -0.4 is 9.80 Å². The average molecular weight is 407 g/mol. The lowest BCUT2D eigenvalue weighted by Crippen LogP contribution is -2.45. The molecule has 0 radical (unpaired) electrons. The van der Waals surface area contributed by atoms with Gasteiger partial charge in [0.15, 0.2) is 9.84 Å². The summed E-state index contributed by atoms with van der Waals surface area (Å²) in [5.74, 6) is -0.244. The molecule has 1 heterocycles. The SMILES string of the molecule is CN(CC(=O)N(c1ccccc1)[C@H]1C=CS(=O)(=O)C1)c1ccc2ccccc2c1. The van der Waals surface area contributed by atoms with Gasteiger partial charge in [0.2, 0.25) is 5.91 Å². The fourth-order valence-electron chi connectivity index (χ4n) is 3.61. The molecule has 0 fully saturated rings. The number of hydrogen-bond donors (Lipinski definition) is 0. The third-order valence-electron chi connectivity index (χ3n) is 5.09. The molecular formula is C23H22N2O3S. The maximum atomic E-state index is 13.2. The van der Waals surface area contributed by atoms with Crippen molar-refractivity contribution in [3.05, 3.63) is 84.3 Å². The molecule has 5 nitrogen and oxygen atoms in total. The van der Waals surface area contributed by atoms with Crippen LogP contribution in [0.4, 0.5) is 11.4 Å². The standard InChI is InChI=1S/C23H22N2O3S/c1-24(21-12-11-18-7-5-6-8-19(18)15-21)16-23(26)25(20-9-3-2-4-10-20)22-13-14-29(27,28)17-22/h2-15,22H,16-17H2,1H3/t22-/m0/s1. The summed E-state index contributed by atoms with van der Waals surface area (Å²) >= 11 is 0. The summed E-state index contributed by atoms with van der Waals surface area (Å²) in [6, 6.07) is 22.9. The van der Waals surface area contributed by atoms with E-state index in [2.05, 4.69) is 6.07 Å². The zero-order chi connectivity index (χ0) is 20.4. The van der Waals surface area contributed by atoms with E-state index in [1.54, 1.807) is 11.0 Å². The fraction of sp³-hybridized carbons (Fsp3) is 0.174. The van der Waals surface area contributed by atoms with Crippen molar-refractivity contribution in [2.75, 3.05) is 29.1 Å². The Kier molecular flexibility index (Phi) is 5.11. The van der Waals surface area contributed by atoms with Crippen molar-refractivity contribution in [3.8, 4) is 0 Å². The van der Waals surface area contributed by atoms with Gasteiger partial charge in [0.25, 0.3) is 0 Å². The zero-order valence-electron chi connectivity index (χ0n) is 16.1. The predicted molar refractivity (Wildman–Crippen MR) is 118 cm³/mol. The highest BCUT2D eigenvalue weighted by Gasteiger charge is 2.31. The second kappa shape index (κ2) is 7.72. The minimum Gasteiger partial charge on any atom is -0.365 e. The first-order valence-corrected chi connectivity index (χ1v) is 11.1. The predicted octanol–water partition coefficient (Wildman–Crippen LogP) is 3.62. The van der Waals surface area contributed by atoms with Gasteiger partial charge in [-0.1, -0.05) is 48.5 Å². The summed E-state index contributed by atoms with van der Waals surface area (Å²) in [7, 11) is -1.41. The number of para-hydroxylation sites is 1. The van der Waals surface area contributed by atoms with Crippen molar-refractivity contribution in [2.24, 2.45) is 0 Å². The van der Waals surface area contributed by atoms with E-state index in [1.807, 2.05) is 78.7 Å². The van der Waals surface area contributed by atoms with Crippen molar-refractivity contribution >= 4 is 37.9 Å². The fourth-order valence-corrected chi connectivity index (χ4v) is 4.88. The summed E-state index contributed by atoms with van der Waals surface area (Å²) in [4.78, 5) is 16.7. The molecule has 4 rings (SSSR count). The van der Waals surface area contributed by atoms with E-state index in [-0.39, 0.29) is 18.2 Å². The molecule has 0 saturated heterocycles. The molecule has 0 unspecified atom stereocenters. The molecule has 3 aromatic rings. The maximum absolute atomic E-state index is 13.2. The Hall–Kier alpha value is -3.12. The van der Waals surface area contributed by atoms with Gasteiger partial charge in [0, 0.05) is 23.8 Å². The van der Waals surface area contributed by atoms with Crippen LogP contribution in [0.1, 0.15) is 0 Å². The van der Waals surface area contributed by atoms with Crippen LogP contribution in [0.3, 0.4) is 0 Å². The summed E-state index contributed by atoms with van der Waals surface area (Å²) in [5, 5.41) is 3.45. The lowest BCUT2D eigenvalue weighted by Gasteiger charge is -2.30. The van der Waals surface area contributed by atoms with Gasteiger partial charge >= 0.3 is 0 Å². The second-order valence-electron chi connectivity index (χ2n) is 7.21. The van der Waals surface area contributed by atoms with Gasteiger partial charge in [-0.15, -0.1) is 0 Å². The Labute approximate surface area is 170 Å². The van der Waals surface area contributed by atoms with Gasteiger partial charge in [-0.3, -0.25) is 4.79 Å². The van der Waals surface area contributed by atoms with Crippen LogP contribution in [0.15, 0.2) is 84.3 Å². The van der Waals surface area contributed by atoms with E-state index in [0.717, 1.165) is 16.5 Å². The molecule has 1 aliphatic heterocycles. The van der Waals surface area contributed by atoms with Crippen LogP contribution in [-0.2, 0) is 14.6 Å². The average Bonchev–Trinajstić information content (AvgIpc) is 3.07. The van der Waals surface area contributed by atoms with Gasteiger partial charge in [0.1, 0.15) is 0 Å². The molecule has 6 heteroatoms. The number of anilines is 2. The Morgan fingerprint density at radius 3 is 2.31 bits per heavy atom. The summed E-state index contributed by atoms with van der Waals surface area (Å²) < 4.78 is 23.9. The monoisotopic (exact) mass is 406 g/mol. The smallest absolute Gasteiger partial charge is 0.247 e. The number of nitrogens with zero attached hydrogens (tertiary/aromatic N) is 2. The minimum absolute atomic E-state index is 0.0900. The van der Waals surface area contributed by atoms with E-state index >= 15 is 0 Å². The van der Waals surface area contributed by atoms with Gasteiger partial charge < -0.3 is 9.80 Å². The van der Waals surface area contributed by atoms with Crippen molar-refractivity contribution in [1.29, 1.82) is 0 Å². The van der Waals surface area contributed by atoms with E-state index in [1.165, 1.54) is 5.41 Å². The van der Waals surface area contributed by atoms with Crippen LogP contribution in [0.2, 0.25) is 0 Å². The first-order chi connectivity index (χ1) is 13.9. The number of sulfone groups is 1. The largest absolute Gasteiger partial charge is 0.365 e. The highest BCUT2D eigenvalue weighted by atomic mass is 32.2. The second-order valence-corrected chi connectivity index (χ2v) is 9.14. The molecule has 1 amide bonds. The first-order valence-electron chi connectivity index (χ1n) is 9.41. The minimum atomic E-state index is -3.28. The van der Waals surface area contributed by atoms with Gasteiger partial charge in [-0.25, -0.2) is 8.42 Å². The highest BCUT2D eigenvalue weighted by molar-refractivity contribution is 7.94. The van der Waals surface area contributed by atoms with E-state index in [0.29, 0.717) is 5.69 Å². The van der Waals surface area contributed by atoms with Gasteiger partial charge in [0.05, 0.1) is 18.3 Å². The zero-order valence-corrected chi connectivity index (χ0v) is 16.9.